The van der Waals surface area contributed by atoms with Crippen LogP contribution in [0.15, 0.2) is 60.8 Å². The first-order chi connectivity index (χ1) is 51.7. The normalized spacial score (nSPS) is 18.5. The van der Waals surface area contributed by atoms with Crippen molar-refractivity contribution in [3.63, 3.8) is 0 Å². The van der Waals surface area contributed by atoms with Gasteiger partial charge in [0.15, 0.2) is 5.96 Å². The fourth-order valence-electron chi connectivity index (χ4n) is 11.9. The van der Waals surface area contributed by atoms with Gasteiger partial charge in [0.1, 0.15) is 55.5 Å². The van der Waals surface area contributed by atoms with Crippen molar-refractivity contribution in [2.45, 2.75) is 230 Å². The zero-order chi connectivity index (χ0) is 77.8. The lowest BCUT2D eigenvalue weighted by Crippen LogP contribution is -2.60. The molecule has 2 heterocycles. The van der Waals surface area contributed by atoms with Gasteiger partial charge < -0.3 is 99.6 Å². The molecule has 1 aliphatic rings. The van der Waals surface area contributed by atoms with Crippen LogP contribution in [0, 0.1) is 5.41 Å². The Bertz CT molecular complexity index is 3210. The van der Waals surface area contributed by atoms with Crippen molar-refractivity contribution in [1.82, 2.24) is 63.5 Å². The number of carbonyl (C=O) groups is 12. The molecule has 19 N–H and O–H groups in total. The highest BCUT2D eigenvalue weighted by Gasteiger charge is 2.35. The summed E-state index contributed by atoms with van der Waals surface area (Å²) in [4.78, 5) is 167. The molecule has 7 atom stereocenters. The van der Waals surface area contributed by atoms with E-state index in [2.05, 4.69) is 70.4 Å². The summed E-state index contributed by atoms with van der Waals surface area (Å²) in [6.45, 7) is 5.11. The lowest BCUT2D eigenvalue weighted by atomic mass is 10.0. The maximum Gasteiger partial charge on any atom is 0.246 e. The van der Waals surface area contributed by atoms with E-state index in [-0.39, 0.29) is 141 Å². The van der Waals surface area contributed by atoms with E-state index in [9.17, 15) is 57.5 Å². The van der Waals surface area contributed by atoms with Crippen LogP contribution in [-0.2, 0) is 89.3 Å². The molecule has 596 valence electrons. The lowest BCUT2D eigenvalue weighted by Gasteiger charge is -2.28. The summed E-state index contributed by atoms with van der Waals surface area (Å²) in [7, 11) is 0. The Morgan fingerprint density at radius 1 is 0.533 bits per heavy atom. The van der Waals surface area contributed by atoms with Gasteiger partial charge in [-0.25, -0.2) is 0 Å². The number of aromatic amines is 1. The van der Waals surface area contributed by atoms with E-state index < -0.39 is 121 Å². The van der Waals surface area contributed by atoms with Crippen molar-refractivity contribution < 1.29 is 76.5 Å². The molecule has 4 rings (SSSR count). The van der Waals surface area contributed by atoms with Gasteiger partial charge in [0.2, 0.25) is 70.9 Å². The predicted octanol–water partition coefficient (Wildman–Crippen LogP) is 2.02. The number of nitrogens with one attached hydrogen (secondary N) is 13. The first kappa shape index (κ1) is 90.1. The van der Waals surface area contributed by atoms with Crippen molar-refractivity contribution in [1.29, 1.82) is 5.41 Å². The van der Waals surface area contributed by atoms with Crippen LogP contribution in [0.1, 0.15) is 185 Å². The number of fused-ring (bicyclic) bond motifs is 1. The molecule has 0 spiro atoms. The summed E-state index contributed by atoms with van der Waals surface area (Å²) in [5.74, 6) is -8.70. The van der Waals surface area contributed by atoms with E-state index in [1.807, 2.05) is 25.1 Å². The van der Waals surface area contributed by atoms with Gasteiger partial charge in [-0.1, -0.05) is 139 Å². The monoisotopic (exact) mass is 1500 g/mol. The molecule has 0 radical (unpaired) electrons. The van der Waals surface area contributed by atoms with Gasteiger partial charge in [0, 0.05) is 75.4 Å². The van der Waals surface area contributed by atoms with Crippen molar-refractivity contribution in [2.75, 3.05) is 79.0 Å². The SMILES string of the molecule is CCCCCCCCCCCCCC(=O)NCCOCCOCC(=O)NCCOCCOCC(=O)N[C@@H](CCCC)C(=O)N[C@H]1CCCC(=O)NCCCC[C@@H](C(N)=O)NC(=O)[C@H](Cc2c[nH]c3ccccc23)NC(=O)[C@H](CCCNC(=N)N)NC(=O)[C@@H](Cc2ccccc2)NC(=O)[C@H](CCC(N)=O)NC1=O. The molecule has 1 saturated heterocycles. The second-order valence-corrected chi connectivity index (χ2v) is 26.8. The number of benzene rings is 2. The third-order valence-electron chi connectivity index (χ3n) is 17.9. The average Bonchev–Trinajstić information content (AvgIpc) is 1.70. The van der Waals surface area contributed by atoms with Crippen LogP contribution in [0.25, 0.3) is 10.9 Å². The number of guanidine groups is 1. The summed E-state index contributed by atoms with van der Waals surface area (Å²) in [5.41, 5.74) is 18.9. The molecule has 0 saturated carbocycles. The van der Waals surface area contributed by atoms with E-state index >= 15 is 0 Å². The topological polar surface area (TPSA) is 492 Å². The Balaban J connectivity index is 1.39. The Morgan fingerprint density at radius 2 is 1.09 bits per heavy atom. The highest BCUT2D eigenvalue weighted by Crippen LogP contribution is 2.21. The molecule has 12 amide bonds. The molecule has 0 unspecified atom stereocenters. The zero-order valence-corrected chi connectivity index (χ0v) is 62.7. The number of H-pyrrole nitrogens is 1. The number of primary amides is 2. The van der Waals surface area contributed by atoms with Gasteiger partial charge in [-0.05, 0) is 81.4 Å². The highest BCUT2D eigenvalue weighted by atomic mass is 16.5. The molecule has 0 aliphatic carbocycles. The summed E-state index contributed by atoms with van der Waals surface area (Å²) in [6.07, 6.45) is 16.1. The Morgan fingerprint density at radius 3 is 1.74 bits per heavy atom. The second kappa shape index (κ2) is 54.3. The predicted molar refractivity (Wildman–Crippen MR) is 403 cm³/mol. The van der Waals surface area contributed by atoms with Crippen LogP contribution in [0.3, 0.4) is 0 Å². The van der Waals surface area contributed by atoms with E-state index in [1.54, 1.807) is 42.6 Å². The van der Waals surface area contributed by atoms with E-state index in [1.165, 1.54) is 51.4 Å². The van der Waals surface area contributed by atoms with Crippen molar-refractivity contribution in [3.8, 4) is 0 Å². The maximum absolute atomic E-state index is 14.8. The number of nitrogens with two attached hydrogens (primary N) is 3. The summed E-state index contributed by atoms with van der Waals surface area (Å²) >= 11 is 0. The number of aromatic nitrogens is 1. The molecule has 1 fully saturated rings. The number of rotatable bonds is 46. The van der Waals surface area contributed by atoms with Crippen LogP contribution >= 0.6 is 0 Å². The minimum absolute atomic E-state index is 0.00136. The fraction of sp³-hybridized carbons (Fsp3) is 0.640. The quantitative estimate of drug-likeness (QED) is 0.0218. The minimum atomic E-state index is -1.60. The molecule has 1 aromatic heterocycles. The van der Waals surface area contributed by atoms with Gasteiger partial charge in [0.25, 0.3) is 0 Å². The molecular weight excluding hydrogens is 1380 g/mol. The van der Waals surface area contributed by atoms with Gasteiger partial charge >= 0.3 is 0 Å². The molecular formula is C75H120N16O16. The number of carbonyl (C=O) groups excluding carboxylic acids is 12. The summed E-state index contributed by atoms with van der Waals surface area (Å²) < 4.78 is 22.0. The number of amides is 12. The van der Waals surface area contributed by atoms with Crippen LogP contribution < -0.4 is 75.7 Å². The molecule has 2 aromatic carbocycles. The minimum Gasteiger partial charge on any atom is -0.377 e. The third kappa shape index (κ3) is 39.8. The molecule has 107 heavy (non-hydrogen) atoms. The average molecular weight is 1500 g/mol. The molecule has 32 nitrogen and oxygen atoms in total. The van der Waals surface area contributed by atoms with Gasteiger partial charge in [-0.2, -0.15) is 0 Å². The molecule has 3 aromatic rings. The summed E-state index contributed by atoms with van der Waals surface area (Å²) in [6, 6.07) is 6.03. The zero-order valence-electron chi connectivity index (χ0n) is 62.7. The highest BCUT2D eigenvalue weighted by molar-refractivity contribution is 5.98. The van der Waals surface area contributed by atoms with E-state index in [0.29, 0.717) is 50.0 Å². The smallest absolute Gasteiger partial charge is 0.246 e. The Kier molecular flexibility index (Phi) is 45.8. The molecule has 32 heteroatoms. The van der Waals surface area contributed by atoms with Crippen LogP contribution in [0.4, 0.5) is 0 Å². The van der Waals surface area contributed by atoms with Gasteiger partial charge in [0.05, 0.1) is 39.6 Å². The van der Waals surface area contributed by atoms with Crippen molar-refractivity contribution in [2.24, 2.45) is 17.2 Å². The lowest BCUT2D eigenvalue weighted by molar-refractivity contribution is -0.136. The fourth-order valence-corrected chi connectivity index (χ4v) is 11.9. The van der Waals surface area contributed by atoms with E-state index in [0.717, 1.165) is 30.2 Å². The number of ether oxygens (including phenoxy) is 4. The number of hydrogen-bond acceptors (Lipinski definition) is 17. The van der Waals surface area contributed by atoms with Crippen LogP contribution in [-0.4, -0.2) is 203 Å². The number of unbranched alkanes of at least 4 members (excludes halogenated alkanes) is 11. The molecule has 1 aliphatic heterocycles. The summed E-state index contributed by atoms with van der Waals surface area (Å²) in [5, 5.41) is 38.4. The standard InChI is InChI=1S/C75H120N16O16/c1-3-5-7-8-9-10-11-12-13-14-18-33-64(93)81-39-41-104-43-45-106-50-66(95)82-40-42-105-44-46-107-51-67(96)85-57(28-6-4-2)69(98)87-58-31-23-34-65(94)80-37-22-21-30-56(68(77)97)86-74(103)62(48-53-49-84-55-29-20-19-27-54(53)55)91-71(100)59(32-24-38-83-75(78)79)88-73(102)61(47-52-25-16-15-17-26-52)90-72(101)60(89-70(58)99)35-36-63(76)92/h15-17,19-20,25-27,29,49,56-62,84H,3-14,18,21-24,28,30-48,50-51H2,1-2H3,(H2,76,92)(H2,77,97)(H,80,94)(H,81,93)(H,82,95)(H,85,96)(H,86,103)(H,87,98)(H,88,102)(H,89,99)(H,90,101)(H,91,100)(H4,78,79,83)/t56-,57-,58-,59-,60-,61+,62-/m0/s1. The van der Waals surface area contributed by atoms with Gasteiger partial charge in [-0.15, -0.1) is 0 Å². The number of hydrogen-bond donors (Lipinski definition) is 16. The second-order valence-electron chi connectivity index (χ2n) is 26.8. The van der Waals surface area contributed by atoms with Gasteiger partial charge in [-0.3, -0.25) is 62.9 Å². The third-order valence-corrected chi connectivity index (χ3v) is 17.9. The van der Waals surface area contributed by atoms with Crippen LogP contribution in [0.2, 0.25) is 0 Å². The van der Waals surface area contributed by atoms with E-state index in [4.69, 9.17) is 41.6 Å². The Hall–Kier alpha value is -9.27. The Labute approximate surface area is 628 Å². The van der Waals surface area contributed by atoms with Crippen molar-refractivity contribution in [3.05, 3.63) is 71.9 Å². The first-order valence-electron chi connectivity index (χ1n) is 38.1. The van der Waals surface area contributed by atoms with Crippen LogP contribution in [0.5, 0.6) is 0 Å². The van der Waals surface area contributed by atoms with Crippen molar-refractivity contribution >= 4 is 87.7 Å². The molecule has 0 bridgehead atoms. The first-order valence-corrected chi connectivity index (χ1v) is 38.1. The largest absolute Gasteiger partial charge is 0.377 e. The maximum atomic E-state index is 14.8. The number of para-hydroxylation sites is 1.